The van der Waals surface area contributed by atoms with Crippen LogP contribution in [0.25, 0.3) is 0 Å². The first kappa shape index (κ1) is 27.1. The summed E-state index contributed by atoms with van der Waals surface area (Å²) in [5.41, 5.74) is -1.53. The molecular formula is C27H32ClF5N3O3+. The van der Waals surface area contributed by atoms with Gasteiger partial charge >= 0.3 is 18.2 Å². The minimum absolute atomic E-state index is 0.0983. The van der Waals surface area contributed by atoms with Crippen molar-refractivity contribution >= 4 is 29.3 Å². The highest BCUT2D eigenvalue weighted by molar-refractivity contribution is 6.32. The third-order valence-electron chi connectivity index (χ3n) is 9.24. The SMILES string of the molecule is CC(C)(C)OC(=O)N1CCCC([N+]23C(=O)c4cc(Cl)c(C(F)(F)F)cc4N4CCCC(F)(F)CC5C4C2C53)C1. The molecule has 0 spiro atoms. The van der Waals surface area contributed by atoms with Gasteiger partial charge in [-0.05, 0) is 45.7 Å². The summed E-state index contributed by atoms with van der Waals surface area (Å²) in [5, 5.41) is -0.559. The Morgan fingerprint density at radius 1 is 1.13 bits per heavy atom. The Labute approximate surface area is 228 Å². The first-order valence-corrected chi connectivity index (χ1v) is 13.9. The number of anilines is 1. The van der Waals surface area contributed by atoms with Crippen LogP contribution in [-0.2, 0) is 10.9 Å². The van der Waals surface area contributed by atoms with Crippen LogP contribution >= 0.6 is 11.6 Å². The van der Waals surface area contributed by atoms with E-state index < -0.39 is 52.8 Å². The van der Waals surface area contributed by atoms with Crippen molar-refractivity contribution in [2.24, 2.45) is 5.92 Å². The number of rotatable bonds is 1. The Hall–Kier alpha value is -2.14. The van der Waals surface area contributed by atoms with Crippen molar-refractivity contribution in [3.63, 3.8) is 0 Å². The summed E-state index contributed by atoms with van der Waals surface area (Å²) in [6.07, 6.45) is -4.70. The number of carbonyl (C=O) groups excluding carboxylic acids is 2. The van der Waals surface area contributed by atoms with Crippen LogP contribution in [0.5, 0.6) is 0 Å². The summed E-state index contributed by atoms with van der Waals surface area (Å²) in [7, 11) is 0. The van der Waals surface area contributed by atoms with Crippen molar-refractivity contribution in [1.29, 1.82) is 0 Å². The molecule has 5 aliphatic rings. The predicted molar refractivity (Wildman–Crippen MR) is 133 cm³/mol. The van der Waals surface area contributed by atoms with Crippen LogP contribution < -0.4 is 4.90 Å². The molecule has 0 bridgehead atoms. The largest absolute Gasteiger partial charge is 0.444 e. The normalized spacial score (nSPS) is 35.1. The molecule has 6 nitrogen and oxygen atoms in total. The number of fused-ring (bicyclic) bond motifs is 4. The molecule has 6 unspecified atom stereocenters. The third-order valence-corrected chi connectivity index (χ3v) is 9.56. The molecule has 1 aromatic carbocycles. The fourth-order valence-electron chi connectivity index (χ4n) is 7.90. The zero-order chi connectivity index (χ0) is 28.3. The van der Waals surface area contributed by atoms with E-state index in [1.807, 2.05) is 0 Å². The van der Waals surface area contributed by atoms with Crippen LogP contribution in [0.4, 0.5) is 32.4 Å². The van der Waals surface area contributed by atoms with E-state index in [0.29, 0.717) is 19.4 Å². The van der Waals surface area contributed by atoms with E-state index in [1.54, 1.807) is 30.6 Å². The number of likely N-dealkylation sites (tertiary alicyclic amines) is 1. The number of alkyl halides is 5. The van der Waals surface area contributed by atoms with Crippen LogP contribution in [-0.4, -0.2) is 76.7 Å². The standard InChI is InChI=1S/C27H32ClF5N3O3/c1-25(2,3)39-24(38)34-8-4-6-14(13-34)36-21-16-12-26(29,30)7-5-9-35(20(16)22(21)36)19-11-17(27(31,32)33)18(28)10-15(19)23(36)37/h10-11,14,16,20-22H,4-9,12-13H2,1-3H3/q+1. The molecule has 0 N–H and O–H groups in total. The van der Waals surface area contributed by atoms with Crippen LogP contribution in [0.15, 0.2) is 12.1 Å². The molecule has 4 heterocycles. The predicted octanol–water partition coefficient (Wildman–Crippen LogP) is 6.10. The molecule has 1 aromatic rings. The van der Waals surface area contributed by atoms with Crippen molar-refractivity contribution in [3.05, 3.63) is 28.3 Å². The number of benzene rings is 1. The van der Waals surface area contributed by atoms with Gasteiger partial charge in [0, 0.05) is 38.3 Å². The van der Waals surface area contributed by atoms with Crippen molar-refractivity contribution in [1.82, 2.24) is 4.90 Å². The highest BCUT2D eigenvalue weighted by Gasteiger charge is 2.89. The highest BCUT2D eigenvalue weighted by atomic mass is 35.5. The molecule has 6 atom stereocenters. The summed E-state index contributed by atoms with van der Waals surface area (Å²) in [5.74, 6) is -3.83. The molecule has 2 amide bonds. The van der Waals surface area contributed by atoms with Gasteiger partial charge in [-0.1, -0.05) is 11.6 Å². The molecule has 0 aromatic heterocycles. The van der Waals surface area contributed by atoms with Gasteiger partial charge < -0.3 is 14.5 Å². The lowest BCUT2D eigenvalue weighted by Crippen LogP contribution is -2.57. The Bertz CT molecular complexity index is 1230. The number of ether oxygens (including phenoxy) is 1. The van der Waals surface area contributed by atoms with Crippen molar-refractivity contribution < 1.29 is 40.8 Å². The summed E-state index contributed by atoms with van der Waals surface area (Å²) in [4.78, 5) is 30.7. The van der Waals surface area contributed by atoms with Gasteiger partial charge in [-0.2, -0.15) is 13.2 Å². The van der Waals surface area contributed by atoms with Gasteiger partial charge in [-0.15, -0.1) is 0 Å². The number of halogens is 6. The molecular weight excluding hydrogens is 545 g/mol. The van der Waals surface area contributed by atoms with Crippen molar-refractivity contribution in [3.8, 4) is 0 Å². The van der Waals surface area contributed by atoms with Crippen molar-refractivity contribution in [2.45, 2.75) is 94.7 Å². The molecule has 1 saturated carbocycles. The lowest BCUT2D eigenvalue weighted by molar-refractivity contribution is -0.764. The second-order valence-electron chi connectivity index (χ2n) is 12.7. The highest BCUT2D eigenvalue weighted by Crippen LogP contribution is 2.67. The lowest BCUT2D eigenvalue weighted by Gasteiger charge is -2.43. The summed E-state index contributed by atoms with van der Waals surface area (Å²) in [6, 6.07) is 0.525. The average molecular weight is 577 g/mol. The monoisotopic (exact) mass is 576 g/mol. The topological polar surface area (TPSA) is 49.9 Å². The van der Waals surface area contributed by atoms with E-state index in [9.17, 15) is 31.5 Å². The number of quaternary nitrogens is 1. The van der Waals surface area contributed by atoms with Gasteiger partial charge in [0.2, 0.25) is 5.92 Å². The first-order valence-electron chi connectivity index (χ1n) is 13.5. The van der Waals surface area contributed by atoms with E-state index >= 15 is 0 Å². The number of carbonyl (C=O) groups is 2. The van der Waals surface area contributed by atoms with E-state index in [0.717, 1.165) is 12.1 Å². The van der Waals surface area contributed by atoms with Gasteiger partial charge in [0.05, 0.1) is 28.9 Å². The van der Waals surface area contributed by atoms with Crippen LogP contribution in [0.3, 0.4) is 0 Å². The minimum Gasteiger partial charge on any atom is -0.444 e. The van der Waals surface area contributed by atoms with Crippen molar-refractivity contribution in [2.75, 3.05) is 24.5 Å². The quantitative estimate of drug-likeness (QED) is 0.230. The van der Waals surface area contributed by atoms with E-state index in [4.69, 9.17) is 16.3 Å². The minimum atomic E-state index is -4.73. The van der Waals surface area contributed by atoms with Gasteiger partial charge in [0.15, 0.2) is 12.1 Å². The molecule has 4 aliphatic heterocycles. The van der Waals surface area contributed by atoms with E-state index in [1.165, 1.54) is 0 Å². The summed E-state index contributed by atoms with van der Waals surface area (Å²) in [6.45, 7) is 6.08. The maximum absolute atomic E-state index is 14.9. The first-order chi connectivity index (χ1) is 18.1. The van der Waals surface area contributed by atoms with Gasteiger partial charge in [-0.3, -0.25) is 0 Å². The fraction of sp³-hybridized carbons (Fsp3) is 0.704. The maximum Gasteiger partial charge on any atom is 0.417 e. The van der Waals surface area contributed by atoms with E-state index in [2.05, 4.69) is 0 Å². The smallest absolute Gasteiger partial charge is 0.417 e. The maximum atomic E-state index is 14.9. The van der Waals surface area contributed by atoms with Crippen LogP contribution in [0.2, 0.25) is 5.02 Å². The second-order valence-corrected chi connectivity index (χ2v) is 13.1. The zero-order valence-corrected chi connectivity index (χ0v) is 22.8. The summed E-state index contributed by atoms with van der Waals surface area (Å²) >= 11 is 6.09. The molecule has 6 rings (SSSR count). The average Bonchev–Trinajstić information content (AvgIpc) is 3.44. The van der Waals surface area contributed by atoms with E-state index in [-0.39, 0.29) is 65.7 Å². The number of amides is 2. The number of nitrogens with zero attached hydrogens (tertiary/aromatic N) is 3. The third kappa shape index (κ3) is 4.04. The van der Waals surface area contributed by atoms with Crippen LogP contribution in [0.1, 0.15) is 68.8 Å². The Balaban J connectivity index is 1.44. The van der Waals surface area contributed by atoms with Gasteiger partial charge in [0.25, 0.3) is 0 Å². The number of piperidine rings is 1. The Morgan fingerprint density at radius 3 is 2.51 bits per heavy atom. The van der Waals surface area contributed by atoms with Gasteiger partial charge in [0.1, 0.15) is 17.2 Å². The lowest BCUT2D eigenvalue weighted by atomic mass is 9.73. The van der Waals surface area contributed by atoms with Gasteiger partial charge in [-0.25, -0.2) is 22.9 Å². The Morgan fingerprint density at radius 2 is 1.85 bits per heavy atom. The molecule has 3 saturated heterocycles. The molecule has 1 aliphatic carbocycles. The molecule has 39 heavy (non-hydrogen) atoms. The molecule has 4 fully saturated rings. The Kier molecular flexibility index (Phi) is 5.85. The second kappa shape index (κ2) is 8.44. The fourth-order valence-corrected chi connectivity index (χ4v) is 8.17. The number of hydrogen-bond acceptors (Lipinski definition) is 4. The molecule has 214 valence electrons. The zero-order valence-electron chi connectivity index (χ0n) is 22.0. The molecule has 12 heteroatoms. The summed E-state index contributed by atoms with van der Waals surface area (Å²) < 4.78 is 76.7. The number of hydrogen-bond donors (Lipinski definition) is 0. The van der Waals surface area contributed by atoms with Crippen LogP contribution in [0, 0.1) is 5.92 Å². The molecule has 0 radical (unpaired) electrons.